The number of amides is 1. The second kappa shape index (κ2) is 13.0. The molecular formula is C31H37ClN4O4S. The highest BCUT2D eigenvalue weighted by molar-refractivity contribution is 8.00. The molecule has 0 bridgehead atoms. The summed E-state index contributed by atoms with van der Waals surface area (Å²) >= 11 is 7.65. The molecule has 8 nitrogen and oxygen atoms in total. The lowest BCUT2D eigenvalue weighted by Crippen LogP contribution is -2.54. The van der Waals surface area contributed by atoms with Crippen molar-refractivity contribution in [1.29, 1.82) is 0 Å². The van der Waals surface area contributed by atoms with Gasteiger partial charge in [0.1, 0.15) is 0 Å². The summed E-state index contributed by atoms with van der Waals surface area (Å²) in [5.74, 6) is -0.405. The second-order valence-electron chi connectivity index (χ2n) is 11.1. The fourth-order valence-corrected chi connectivity index (χ4v) is 7.48. The smallest absolute Gasteiger partial charge is 0.337 e. The predicted octanol–water partition coefficient (Wildman–Crippen LogP) is 5.47. The highest BCUT2D eigenvalue weighted by Gasteiger charge is 2.39. The summed E-state index contributed by atoms with van der Waals surface area (Å²) in [7, 11) is 1.32. The molecule has 2 atom stereocenters. The van der Waals surface area contributed by atoms with Crippen molar-refractivity contribution in [3.8, 4) is 5.69 Å². The number of nitrogens with one attached hydrogen (secondary N) is 1. The Labute approximate surface area is 249 Å². The van der Waals surface area contributed by atoms with Gasteiger partial charge in [0.05, 0.1) is 34.5 Å². The first-order valence-corrected chi connectivity index (χ1v) is 15.7. The first-order chi connectivity index (χ1) is 19.8. The van der Waals surface area contributed by atoms with Crippen LogP contribution in [0.5, 0.6) is 0 Å². The lowest BCUT2D eigenvalue weighted by atomic mass is 9.74. The Morgan fingerprint density at radius 2 is 2.02 bits per heavy atom. The molecule has 10 heteroatoms. The molecule has 5 rings (SSSR count). The van der Waals surface area contributed by atoms with Gasteiger partial charge < -0.3 is 15.0 Å². The van der Waals surface area contributed by atoms with Crippen molar-refractivity contribution in [3.05, 3.63) is 63.4 Å². The third-order valence-corrected chi connectivity index (χ3v) is 9.64. The number of halogens is 1. The van der Waals surface area contributed by atoms with Crippen LogP contribution in [0.25, 0.3) is 16.6 Å². The molecule has 41 heavy (non-hydrogen) atoms. The number of likely N-dealkylation sites (tertiary alicyclic amines) is 1. The number of hydrogen-bond acceptors (Lipinski definition) is 7. The fourth-order valence-electron chi connectivity index (χ4n) is 6.06. The summed E-state index contributed by atoms with van der Waals surface area (Å²) in [6.45, 7) is 5.61. The number of piperidine rings is 2. The Morgan fingerprint density at radius 1 is 1.20 bits per heavy atom. The van der Waals surface area contributed by atoms with E-state index in [0.717, 1.165) is 64.7 Å². The van der Waals surface area contributed by atoms with E-state index in [1.54, 1.807) is 42.5 Å². The molecule has 0 saturated carbocycles. The molecular weight excluding hydrogens is 560 g/mol. The van der Waals surface area contributed by atoms with Gasteiger partial charge >= 0.3 is 5.97 Å². The number of carbonyl (C=O) groups excluding carboxylic acids is 2. The van der Waals surface area contributed by atoms with E-state index in [0.29, 0.717) is 38.8 Å². The molecule has 0 radical (unpaired) electrons. The predicted molar refractivity (Wildman–Crippen MR) is 163 cm³/mol. The number of carbonyl (C=O) groups is 2. The van der Waals surface area contributed by atoms with E-state index in [2.05, 4.69) is 12.2 Å². The lowest BCUT2D eigenvalue weighted by Gasteiger charge is -2.46. The van der Waals surface area contributed by atoms with E-state index in [1.807, 2.05) is 4.90 Å². The summed E-state index contributed by atoms with van der Waals surface area (Å²) in [6.07, 6.45) is 6.91. The standard InChI is InChI=1S/C31H37ClN4O4S/c1-3-4-10-26(28(38)35-16-7-14-31(20-35)13-6-15-33-19-31)41-30-34-25-17-21(29(39)40-2)11-12-24(25)27(37)36(30)23-9-5-8-22(32)18-23/h5,8-9,11-12,17-18,26,33H,3-4,6-7,10,13-16,19-20H2,1-2H3. The number of aromatic nitrogens is 2. The zero-order valence-electron chi connectivity index (χ0n) is 23.7. The maximum atomic E-state index is 14.2. The molecule has 1 spiro atoms. The van der Waals surface area contributed by atoms with Crippen molar-refractivity contribution in [2.75, 3.05) is 33.3 Å². The third kappa shape index (κ3) is 6.47. The SMILES string of the molecule is CCCCC(Sc1nc2cc(C(=O)OC)ccc2c(=O)n1-c1cccc(Cl)c1)C(=O)N1CCCC2(CCCNC2)C1. The monoisotopic (exact) mass is 596 g/mol. The number of esters is 1. The number of thioether (sulfide) groups is 1. The zero-order valence-corrected chi connectivity index (χ0v) is 25.2. The first kappa shape index (κ1) is 29.6. The minimum atomic E-state index is -0.505. The van der Waals surface area contributed by atoms with Crippen LogP contribution in [0.2, 0.25) is 5.02 Å². The Hall–Kier alpha value is -2.88. The topological polar surface area (TPSA) is 93.5 Å². The summed E-state index contributed by atoms with van der Waals surface area (Å²) in [5.41, 5.74) is 1.11. The summed E-state index contributed by atoms with van der Waals surface area (Å²) in [4.78, 5) is 47.2. The van der Waals surface area contributed by atoms with Crippen molar-refractivity contribution in [1.82, 2.24) is 19.8 Å². The summed E-state index contributed by atoms with van der Waals surface area (Å²) in [5, 5.41) is 4.39. The molecule has 218 valence electrons. The van der Waals surface area contributed by atoms with Crippen LogP contribution in [0.4, 0.5) is 0 Å². The van der Waals surface area contributed by atoms with Gasteiger partial charge in [0, 0.05) is 30.1 Å². The van der Waals surface area contributed by atoms with Crippen molar-refractivity contribution < 1.29 is 14.3 Å². The Morgan fingerprint density at radius 3 is 2.76 bits per heavy atom. The number of fused-ring (bicyclic) bond motifs is 1. The van der Waals surface area contributed by atoms with Gasteiger partial charge in [-0.2, -0.15) is 0 Å². The first-order valence-electron chi connectivity index (χ1n) is 14.4. The van der Waals surface area contributed by atoms with E-state index in [9.17, 15) is 14.4 Å². The van der Waals surface area contributed by atoms with Gasteiger partial charge in [0.25, 0.3) is 5.56 Å². The number of hydrogen-bond donors (Lipinski definition) is 1. The van der Waals surface area contributed by atoms with Gasteiger partial charge in [0.15, 0.2) is 5.16 Å². The van der Waals surface area contributed by atoms with Gasteiger partial charge in [-0.05, 0) is 75.0 Å². The molecule has 2 unspecified atom stereocenters. The molecule has 1 amide bonds. The van der Waals surface area contributed by atoms with Crippen molar-refractivity contribution in [2.24, 2.45) is 5.41 Å². The Bertz CT molecular complexity index is 1480. The summed E-state index contributed by atoms with van der Waals surface area (Å²) < 4.78 is 6.42. The number of rotatable bonds is 8. The van der Waals surface area contributed by atoms with Gasteiger partial charge in [0.2, 0.25) is 5.91 Å². The number of ether oxygens (including phenoxy) is 1. The van der Waals surface area contributed by atoms with Gasteiger partial charge in [-0.25, -0.2) is 9.78 Å². The highest BCUT2D eigenvalue weighted by atomic mass is 35.5. The van der Waals surface area contributed by atoms with Crippen molar-refractivity contribution in [3.63, 3.8) is 0 Å². The van der Waals surface area contributed by atoms with Crippen LogP contribution in [0.15, 0.2) is 52.4 Å². The van der Waals surface area contributed by atoms with Crippen LogP contribution >= 0.6 is 23.4 Å². The van der Waals surface area contributed by atoms with Crippen LogP contribution in [0, 0.1) is 5.41 Å². The maximum Gasteiger partial charge on any atom is 0.337 e. The molecule has 3 heterocycles. The van der Waals surface area contributed by atoms with Gasteiger partial charge in [-0.1, -0.05) is 49.2 Å². The number of methoxy groups -OCH3 is 1. The molecule has 0 aliphatic carbocycles. The maximum absolute atomic E-state index is 14.2. The third-order valence-electron chi connectivity index (χ3n) is 8.20. The molecule has 2 aromatic carbocycles. The zero-order chi connectivity index (χ0) is 29.0. The lowest BCUT2D eigenvalue weighted by molar-refractivity contribution is -0.134. The van der Waals surface area contributed by atoms with E-state index in [-0.39, 0.29) is 16.9 Å². The van der Waals surface area contributed by atoms with Crippen molar-refractivity contribution >= 4 is 46.1 Å². The molecule has 1 N–H and O–H groups in total. The van der Waals surface area contributed by atoms with Crippen LogP contribution in [0.1, 0.15) is 62.2 Å². The normalized spacial score (nSPS) is 19.8. The minimum absolute atomic E-state index is 0.100. The minimum Gasteiger partial charge on any atom is -0.465 e. The number of benzene rings is 2. The number of unbranched alkanes of at least 4 members (excludes halogenated alkanes) is 1. The Kier molecular flexibility index (Phi) is 9.36. The molecule has 1 aromatic heterocycles. The Balaban J connectivity index is 1.56. The number of nitrogens with zero attached hydrogens (tertiary/aromatic N) is 3. The largest absolute Gasteiger partial charge is 0.465 e. The molecule has 2 saturated heterocycles. The second-order valence-corrected chi connectivity index (χ2v) is 12.7. The van der Waals surface area contributed by atoms with Crippen LogP contribution in [-0.4, -0.2) is 64.9 Å². The van der Waals surface area contributed by atoms with Crippen LogP contribution in [-0.2, 0) is 9.53 Å². The van der Waals surface area contributed by atoms with Gasteiger partial charge in [-0.3, -0.25) is 14.2 Å². The quantitative estimate of drug-likeness (QED) is 0.209. The molecule has 2 aliphatic rings. The van der Waals surface area contributed by atoms with Crippen LogP contribution < -0.4 is 10.9 Å². The van der Waals surface area contributed by atoms with E-state index < -0.39 is 11.2 Å². The highest BCUT2D eigenvalue weighted by Crippen LogP contribution is 2.38. The van der Waals surface area contributed by atoms with E-state index in [1.165, 1.54) is 23.4 Å². The fraction of sp³-hybridized carbons (Fsp3) is 0.484. The molecule has 2 fully saturated rings. The van der Waals surface area contributed by atoms with Gasteiger partial charge in [-0.15, -0.1) is 0 Å². The molecule has 2 aliphatic heterocycles. The summed E-state index contributed by atoms with van der Waals surface area (Å²) in [6, 6.07) is 11.8. The van der Waals surface area contributed by atoms with E-state index in [4.69, 9.17) is 21.3 Å². The van der Waals surface area contributed by atoms with Crippen LogP contribution in [0.3, 0.4) is 0 Å². The average Bonchev–Trinajstić information content (AvgIpc) is 2.98. The van der Waals surface area contributed by atoms with Crippen molar-refractivity contribution in [2.45, 2.75) is 62.3 Å². The average molecular weight is 597 g/mol. The van der Waals surface area contributed by atoms with E-state index >= 15 is 0 Å². The molecule has 3 aromatic rings.